The Morgan fingerprint density at radius 1 is 1.00 bits per heavy atom. The van der Waals surface area contributed by atoms with Crippen LogP contribution in [-0.2, 0) is 0 Å². The van der Waals surface area contributed by atoms with Crippen molar-refractivity contribution < 1.29 is 0 Å². The van der Waals surface area contributed by atoms with Crippen molar-refractivity contribution in [2.75, 3.05) is 26.2 Å². The molecule has 4 aliphatic carbocycles. The maximum Gasteiger partial charge on any atom is 0.0152 e. The lowest BCUT2D eigenvalue weighted by Gasteiger charge is -2.56. The van der Waals surface area contributed by atoms with E-state index in [-0.39, 0.29) is 0 Å². The van der Waals surface area contributed by atoms with Gasteiger partial charge in [0, 0.05) is 12.6 Å². The molecule has 0 spiro atoms. The molecule has 5 fully saturated rings. The highest BCUT2D eigenvalue weighted by atomic mass is 15.2. The summed E-state index contributed by atoms with van der Waals surface area (Å²) in [7, 11) is 0. The van der Waals surface area contributed by atoms with Crippen molar-refractivity contribution in [1.29, 1.82) is 0 Å². The van der Waals surface area contributed by atoms with Crippen LogP contribution < -0.4 is 5.32 Å². The average molecular weight is 262 g/mol. The van der Waals surface area contributed by atoms with Gasteiger partial charge in [-0.05, 0) is 87.7 Å². The van der Waals surface area contributed by atoms with Gasteiger partial charge in [-0.3, -0.25) is 4.90 Å². The van der Waals surface area contributed by atoms with Crippen molar-refractivity contribution >= 4 is 0 Å². The second-order valence-electron chi connectivity index (χ2n) is 7.88. The average Bonchev–Trinajstić information content (AvgIpc) is 2.83. The lowest BCUT2D eigenvalue weighted by Crippen LogP contribution is -2.55. The van der Waals surface area contributed by atoms with Gasteiger partial charge < -0.3 is 5.32 Å². The van der Waals surface area contributed by atoms with Crippen LogP contribution in [0.5, 0.6) is 0 Å². The van der Waals surface area contributed by atoms with E-state index in [2.05, 4.69) is 17.1 Å². The van der Waals surface area contributed by atoms with Crippen molar-refractivity contribution in [2.24, 2.45) is 29.6 Å². The molecule has 1 saturated heterocycles. The highest BCUT2D eigenvalue weighted by Crippen LogP contribution is 2.55. The molecule has 0 aromatic rings. The van der Waals surface area contributed by atoms with Gasteiger partial charge in [-0.1, -0.05) is 6.92 Å². The highest BCUT2D eigenvalue weighted by Gasteiger charge is 2.50. The molecule has 5 rings (SSSR count). The summed E-state index contributed by atoms with van der Waals surface area (Å²) in [6.07, 6.45) is 9.33. The molecule has 0 aromatic carbocycles. The fourth-order valence-corrected chi connectivity index (χ4v) is 6.14. The Balaban J connectivity index is 1.40. The zero-order valence-corrected chi connectivity index (χ0v) is 12.5. The van der Waals surface area contributed by atoms with Crippen LogP contribution in [0.1, 0.15) is 45.4 Å². The summed E-state index contributed by atoms with van der Waals surface area (Å²) in [4.78, 5) is 2.91. The molecule has 108 valence electrons. The van der Waals surface area contributed by atoms with E-state index in [1.807, 2.05) is 0 Å². The van der Waals surface area contributed by atoms with Gasteiger partial charge in [-0.15, -0.1) is 0 Å². The number of nitrogens with zero attached hydrogens (tertiary/aromatic N) is 1. The van der Waals surface area contributed by atoms with Crippen molar-refractivity contribution in [2.45, 2.75) is 51.5 Å². The predicted molar refractivity (Wildman–Crippen MR) is 79.1 cm³/mol. The molecule has 1 atom stereocenters. The van der Waals surface area contributed by atoms with Crippen LogP contribution in [-0.4, -0.2) is 37.1 Å². The Morgan fingerprint density at radius 2 is 1.68 bits per heavy atom. The van der Waals surface area contributed by atoms with Gasteiger partial charge in [-0.25, -0.2) is 0 Å². The van der Waals surface area contributed by atoms with Crippen LogP contribution in [0.2, 0.25) is 0 Å². The topological polar surface area (TPSA) is 15.3 Å². The van der Waals surface area contributed by atoms with Crippen LogP contribution in [0.4, 0.5) is 0 Å². The second-order valence-corrected chi connectivity index (χ2v) is 7.88. The molecule has 1 unspecified atom stereocenters. The predicted octanol–water partition coefficient (Wildman–Crippen LogP) is 2.74. The van der Waals surface area contributed by atoms with Gasteiger partial charge in [-0.2, -0.15) is 0 Å². The van der Waals surface area contributed by atoms with E-state index < -0.39 is 0 Å². The zero-order valence-electron chi connectivity index (χ0n) is 12.5. The van der Waals surface area contributed by atoms with E-state index in [0.717, 1.165) is 42.2 Å². The summed E-state index contributed by atoms with van der Waals surface area (Å²) in [5.41, 5.74) is 0. The van der Waals surface area contributed by atoms with Gasteiger partial charge >= 0.3 is 0 Å². The summed E-state index contributed by atoms with van der Waals surface area (Å²) >= 11 is 0. The minimum Gasteiger partial charge on any atom is -0.317 e. The maximum absolute atomic E-state index is 3.55. The minimum atomic E-state index is 0.928. The van der Waals surface area contributed by atoms with E-state index in [1.165, 1.54) is 26.1 Å². The Hall–Kier alpha value is -0.0800. The Kier molecular flexibility index (Phi) is 3.35. The standard InChI is InChI=1S/C17H30N2/c1-2-18-10-12-3-4-19(11-12)17-15-6-13-5-14(8-15)9-16(17)7-13/h12-18H,2-11H2,1H3. The third-order valence-electron chi connectivity index (χ3n) is 6.60. The molecule has 0 radical (unpaired) electrons. The third kappa shape index (κ3) is 2.25. The van der Waals surface area contributed by atoms with Crippen molar-refractivity contribution in [3.05, 3.63) is 0 Å². The van der Waals surface area contributed by atoms with Crippen LogP contribution in [0.25, 0.3) is 0 Å². The number of rotatable bonds is 4. The van der Waals surface area contributed by atoms with Gasteiger partial charge in [0.15, 0.2) is 0 Å². The minimum absolute atomic E-state index is 0.928. The largest absolute Gasteiger partial charge is 0.317 e. The zero-order chi connectivity index (χ0) is 12.8. The molecule has 0 aromatic heterocycles. The fourth-order valence-electron chi connectivity index (χ4n) is 6.14. The van der Waals surface area contributed by atoms with E-state index in [4.69, 9.17) is 0 Å². The van der Waals surface area contributed by atoms with Crippen molar-refractivity contribution in [3.63, 3.8) is 0 Å². The lowest BCUT2D eigenvalue weighted by atomic mass is 9.54. The molecular formula is C17H30N2. The van der Waals surface area contributed by atoms with E-state index in [9.17, 15) is 0 Å². The molecular weight excluding hydrogens is 232 g/mol. The number of hydrogen-bond donors (Lipinski definition) is 1. The highest BCUT2D eigenvalue weighted by molar-refractivity contribution is 5.03. The van der Waals surface area contributed by atoms with Gasteiger partial charge in [0.05, 0.1) is 0 Å². The Labute approximate surface area is 118 Å². The Bertz CT molecular complexity index is 299. The van der Waals surface area contributed by atoms with E-state index in [0.29, 0.717) is 0 Å². The monoisotopic (exact) mass is 262 g/mol. The number of hydrogen-bond acceptors (Lipinski definition) is 2. The molecule has 2 nitrogen and oxygen atoms in total. The van der Waals surface area contributed by atoms with E-state index in [1.54, 1.807) is 32.1 Å². The summed E-state index contributed by atoms with van der Waals surface area (Å²) in [6, 6.07) is 0.986. The first-order valence-electron chi connectivity index (χ1n) is 8.78. The van der Waals surface area contributed by atoms with Crippen LogP contribution >= 0.6 is 0 Å². The van der Waals surface area contributed by atoms with Crippen molar-refractivity contribution in [1.82, 2.24) is 10.2 Å². The lowest BCUT2D eigenvalue weighted by molar-refractivity contribution is -0.0592. The molecule has 19 heavy (non-hydrogen) atoms. The van der Waals surface area contributed by atoms with E-state index >= 15 is 0 Å². The SMILES string of the molecule is CCNCC1CCN(C2C3CC4CC(C3)CC2C4)C1. The molecule has 1 N–H and O–H groups in total. The molecule has 4 saturated carbocycles. The quantitative estimate of drug-likeness (QED) is 0.838. The molecule has 1 heterocycles. The molecule has 2 heteroatoms. The number of likely N-dealkylation sites (tertiary alicyclic amines) is 1. The number of nitrogens with one attached hydrogen (secondary N) is 1. The molecule has 0 amide bonds. The first-order chi connectivity index (χ1) is 9.33. The first-order valence-corrected chi connectivity index (χ1v) is 8.78. The van der Waals surface area contributed by atoms with Gasteiger partial charge in [0.1, 0.15) is 0 Å². The smallest absolute Gasteiger partial charge is 0.0152 e. The van der Waals surface area contributed by atoms with Gasteiger partial charge in [0.25, 0.3) is 0 Å². The van der Waals surface area contributed by atoms with Crippen LogP contribution in [0.15, 0.2) is 0 Å². The Morgan fingerprint density at radius 3 is 2.32 bits per heavy atom. The maximum atomic E-state index is 3.55. The van der Waals surface area contributed by atoms with Crippen LogP contribution in [0, 0.1) is 29.6 Å². The summed E-state index contributed by atoms with van der Waals surface area (Å²) in [6.45, 7) is 7.39. The summed E-state index contributed by atoms with van der Waals surface area (Å²) in [5, 5.41) is 3.55. The molecule has 4 bridgehead atoms. The molecule has 1 aliphatic heterocycles. The fraction of sp³-hybridized carbons (Fsp3) is 1.00. The first kappa shape index (κ1) is 12.6. The van der Waals surface area contributed by atoms with Crippen molar-refractivity contribution in [3.8, 4) is 0 Å². The summed E-state index contributed by atoms with van der Waals surface area (Å²) in [5.74, 6) is 5.33. The second kappa shape index (κ2) is 5.04. The normalized spacial score (nSPS) is 49.1. The van der Waals surface area contributed by atoms with Gasteiger partial charge in [0.2, 0.25) is 0 Å². The summed E-state index contributed by atoms with van der Waals surface area (Å²) < 4.78 is 0. The third-order valence-corrected chi connectivity index (χ3v) is 6.60. The van der Waals surface area contributed by atoms with Crippen LogP contribution in [0.3, 0.4) is 0 Å². The molecule has 5 aliphatic rings.